The zero-order valence-corrected chi connectivity index (χ0v) is 19.4. The number of hydrogen-bond donors (Lipinski definition) is 1. The van der Waals surface area contributed by atoms with Gasteiger partial charge in [-0.25, -0.2) is 8.42 Å². The largest absolute Gasteiger partial charge is 0.304 e. The maximum atomic E-state index is 13.1. The third-order valence-electron chi connectivity index (χ3n) is 6.33. The molecule has 2 heterocycles. The summed E-state index contributed by atoms with van der Waals surface area (Å²) in [5.41, 5.74) is 2.42. The van der Waals surface area contributed by atoms with Gasteiger partial charge in [-0.05, 0) is 37.1 Å². The van der Waals surface area contributed by atoms with Gasteiger partial charge in [-0.2, -0.15) is 4.31 Å². The van der Waals surface area contributed by atoms with Crippen LogP contribution in [0, 0.1) is 5.92 Å². The first-order valence-electron chi connectivity index (χ1n) is 10.8. The first kappa shape index (κ1) is 22.3. The van der Waals surface area contributed by atoms with Crippen molar-refractivity contribution < 1.29 is 13.2 Å². The van der Waals surface area contributed by atoms with E-state index in [2.05, 4.69) is 20.4 Å². The quantitative estimate of drug-likeness (QED) is 0.678. The van der Waals surface area contributed by atoms with E-state index in [-0.39, 0.29) is 16.7 Å². The highest BCUT2D eigenvalue weighted by molar-refractivity contribution is 7.89. The van der Waals surface area contributed by atoms with Crippen molar-refractivity contribution in [3.05, 3.63) is 35.3 Å². The van der Waals surface area contributed by atoms with Crippen molar-refractivity contribution in [2.75, 3.05) is 38.5 Å². The minimum atomic E-state index is -3.52. The van der Waals surface area contributed by atoms with E-state index in [0.29, 0.717) is 24.1 Å². The summed E-state index contributed by atoms with van der Waals surface area (Å²) < 4.78 is 27.6. The number of anilines is 1. The summed E-state index contributed by atoms with van der Waals surface area (Å²) in [6.07, 6.45) is 5.45. The summed E-state index contributed by atoms with van der Waals surface area (Å²) in [7, 11) is -1.53. The molecule has 2 fully saturated rings. The molecule has 4 rings (SSSR count). The fourth-order valence-electron chi connectivity index (χ4n) is 4.44. The zero-order chi connectivity index (χ0) is 21.8. The van der Waals surface area contributed by atoms with Crippen molar-refractivity contribution in [3.8, 4) is 0 Å². The SMILES string of the molecule is CN1CCN(S(=O)(=O)c2ccc(C(CC3CCCC3)C(=O)Nc3nncs3)cc2)CC1. The van der Waals surface area contributed by atoms with Gasteiger partial charge in [0.1, 0.15) is 5.51 Å². The first-order chi connectivity index (χ1) is 14.9. The monoisotopic (exact) mass is 463 g/mol. The lowest BCUT2D eigenvalue weighted by atomic mass is 9.87. The Morgan fingerprint density at radius 1 is 1.16 bits per heavy atom. The molecule has 2 aliphatic rings. The maximum absolute atomic E-state index is 13.1. The smallest absolute Gasteiger partial charge is 0.243 e. The molecule has 1 aromatic heterocycles. The van der Waals surface area contributed by atoms with Gasteiger partial charge in [0.15, 0.2) is 0 Å². The number of nitrogens with one attached hydrogen (secondary N) is 1. The molecule has 1 aromatic carbocycles. The number of carbonyl (C=O) groups excluding carboxylic acids is 1. The van der Waals surface area contributed by atoms with Crippen LogP contribution in [0.1, 0.15) is 43.6 Å². The van der Waals surface area contributed by atoms with E-state index in [1.165, 1.54) is 24.2 Å². The molecule has 0 radical (unpaired) electrons. The van der Waals surface area contributed by atoms with Gasteiger partial charge in [0.05, 0.1) is 10.8 Å². The topological polar surface area (TPSA) is 95.5 Å². The van der Waals surface area contributed by atoms with Crippen molar-refractivity contribution in [3.63, 3.8) is 0 Å². The van der Waals surface area contributed by atoms with E-state index >= 15 is 0 Å². The molecule has 8 nitrogen and oxygen atoms in total. The van der Waals surface area contributed by atoms with Crippen molar-refractivity contribution in [2.24, 2.45) is 5.92 Å². The summed E-state index contributed by atoms with van der Waals surface area (Å²) in [5, 5.41) is 11.0. The standard InChI is InChI=1S/C21H29N5O3S2/c1-25-10-12-26(13-11-25)31(28,29)18-8-6-17(7-9-18)19(14-16-4-2-3-5-16)20(27)23-21-24-22-15-30-21/h6-9,15-16,19H,2-5,10-14H2,1H3,(H,23,24,27). The molecule has 1 saturated heterocycles. The molecule has 168 valence electrons. The number of carbonyl (C=O) groups is 1. The van der Waals surface area contributed by atoms with Gasteiger partial charge in [0, 0.05) is 26.2 Å². The Balaban J connectivity index is 1.53. The Morgan fingerprint density at radius 2 is 1.84 bits per heavy atom. The van der Waals surface area contributed by atoms with Gasteiger partial charge in [0.25, 0.3) is 0 Å². The summed E-state index contributed by atoms with van der Waals surface area (Å²) in [5.74, 6) is 0.0598. The molecule has 1 aliphatic carbocycles. The Morgan fingerprint density at radius 3 is 2.45 bits per heavy atom. The van der Waals surface area contributed by atoms with E-state index in [4.69, 9.17) is 0 Å². The average molecular weight is 464 g/mol. The Kier molecular flexibility index (Phi) is 7.00. The lowest BCUT2D eigenvalue weighted by molar-refractivity contribution is -0.118. The second kappa shape index (κ2) is 9.72. The van der Waals surface area contributed by atoms with Crippen LogP contribution in [0.5, 0.6) is 0 Å². The van der Waals surface area contributed by atoms with Gasteiger partial charge < -0.3 is 4.90 Å². The lowest BCUT2D eigenvalue weighted by Crippen LogP contribution is -2.47. The first-order valence-corrected chi connectivity index (χ1v) is 13.1. The van der Waals surface area contributed by atoms with Gasteiger partial charge >= 0.3 is 0 Å². The highest BCUT2D eigenvalue weighted by atomic mass is 32.2. The third kappa shape index (κ3) is 5.31. The predicted molar refractivity (Wildman–Crippen MR) is 121 cm³/mol. The summed E-state index contributed by atoms with van der Waals surface area (Å²) in [6.45, 7) is 2.45. The van der Waals surface area contributed by atoms with Crippen LogP contribution in [0.3, 0.4) is 0 Å². The highest BCUT2D eigenvalue weighted by Crippen LogP contribution is 2.35. The fourth-order valence-corrected chi connectivity index (χ4v) is 6.31. The van der Waals surface area contributed by atoms with E-state index in [9.17, 15) is 13.2 Å². The second-order valence-electron chi connectivity index (χ2n) is 8.45. The normalized spacial score (nSPS) is 20.0. The van der Waals surface area contributed by atoms with Crippen LogP contribution >= 0.6 is 11.3 Å². The van der Waals surface area contributed by atoms with Crippen LogP contribution in [-0.4, -0.2) is 67.0 Å². The van der Waals surface area contributed by atoms with Gasteiger partial charge in [-0.15, -0.1) is 10.2 Å². The van der Waals surface area contributed by atoms with E-state index in [0.717, 1.165) is 37.9 Å². The molecule has 1 aliphatic heterocycles. The van der Waals surface area contributed by atoms with Crippen LogP contribution in [0.2, 0.25) is 0 Å². The average Bonchev–Trinajstić information content (AvgIpc) is 3.46. The minimum Gasteiger partial charge on any atom is -0.304 e. The Labute approximate surface area is 187 Å². The van der Waals surface area contributed by atoms with E-state index < -0.39 is 10.0 Å². The molecule has 1 atom stereocenters. The van der Waals surface area contributed by atoms with Crippen LogP contribution in [0.15, 0.2) is 34.7 Å². The second-order valence-corrected chi connectivity index (χ2v) is 11.2. The zero-order valence-electron chi connectivity index (χ0n) is 17.7. The number of rotatable bonds is 7. The molecule has 1 saturated carbocycles. The molecule has 1 N–H and O–H groups in total. The number of benzene rings is 1. The summed E-state index contributed by atoms with van der Waals surface area (Å²) in [6, 6.07) is 6.87. The highest BCUT2D eigenvalue weighted by Gasteiger charge is 2.30. The van der Waals surface area contributed by atoms with Crippen molar-refractivity contribution in [1.29, 1.82) is 0 Å². The fraction of sp³-hybridized carbons (Fsp3) is 0.571. The Hall–Kier alpha value is -1.88. The number of nitrogens with zero attached hydrogens (tertiary/aromatic N) is 4. The number of hydrogen-bond acceptors (Lipinski definition) is 7. The molecular weight excluding hydrogens is 434 g/mol. The van der Waals surface area contributed by atoms with Crippen LogP contribution < -0.4 is 5.32 Å². The number of sulfonamides is 1. The van der Waals surface area contributed by atoms with Gasteiger partial charge in [-0.3, -0.25) is 10.1 Å². The van der Waals surface area contributed by atoms with Gasteiger partial charge in [-0.1, -0.05) is 49.2 Å². The van der Waals surface area contributed by atoms with Crippen molar-refractivity contribution >= 4 is 32.4 Å². The van der Waals surface area contributed by atoms with Crippen LogP contribution in [-0.2, 0) is 14.8 Å². The van der Waals surface area contributed by atoms with Crippen molar-refractivity contribution in [1.82, 2.24) is 19.4 Å². The summed E-state index contributed by atoms with van der Waals surface area (Å²) >= 11 is 1.29. The number of likely N-dealkylation sites (N-methyl/N-ethyl adjacent to an activating group) is 1. The molecule has 1 amide bonds. The summed E-state index contributed by atoms with van der Waals surface area (Å²) in [4.78, 5) is 15.5. The molecule has 2 aromatic rings. The van der Waals surface area contributed by atoms with Crippen molar-refractivity contribution in [2.45, 2.75) is 42.9 Å². The molecule has 10 heteroatoms. The number of aromatic nitrogens is 2. The van der Waals surface area contributed by atoms with Crippen LogP contribution in [0.25, 0.3) is 0 Å². The maximum Gasteiger partial charge on any atom is 0.243 e. The molecule has 31 heavy (non-hydrogen) atoms. The molecule has 0 spiro atoms. The molecule has 0 bridgehead atoms. The number of piperazine rings is 1. The van der Waals surface area contributed by atoms with Crippen LogP contribution in [0.4, 0.5) is 5.13 Å². The number of amides is 1. The van der Waals surface area contributed by atoms with Gasteiger partial charge in [0.2, 0.25) is 21.1 Å². The van der Waals surface area contributed by atoms with E-state index in [1.807, 2.05) is 7.05 Å². The van der Waals surface area contributed by atoms with E-state index in [1.54, 1.807) is 34.1 Å². The Bertz CT molecular complexity index is 965. The molecule has 1 unspecified atom stereocenters. The third-order valence-corrected chi connectivity index (χ3v) is 8.85. The lowest BCUT2D eigenvalue weighted by Gasteiger charge is -2.31. The minimum absolute atomic E-state index is 0.113. The molecular formula is C21H29N5O3S2. The predicted octanol–water partition coefficient (Wildman–Crippen LogP) is 2.78.